The van der Waals surface area contributed by atoms with Gasteiger partial charge in [0.1, 0.15) is 11.2 Å². The monoisotopic (exact) mass is 804 g/mol. The van der Waals surface area contributed by atoms with Crippen LogP contribution < -0.4 is 4.90 Å². The van der Waals surface area contributed by atoms with Crippen molar-refractivity contribution in [2.24, 2.45) is 0 Å². The summed E-state index contributed by atoms with van der Waals surface area (Å²) in [5, 5.41) is 4.60. The predicted molar refractivity (Wildman–Crippen MR) is 264 cm³/mol. The molecule has 296 valence electrons. The second-order valence-corrected chi connectivity index (χ2v) is 16.2. The fourth-order valence-electron chi connectivity index (χ4n) is 9.29. The Morgan fingerprint density at radius 1 is 0.270 bits per heavy atom. The Balaban J connectivity index is 0.990. The smallest absolute Gasteiger partial charge is 0.137 e. The van der Waals surface area contributed by atoms with Crippen molar-refractivity contribution in [3.8, 4) is 50.2 Å². The van der Waals surface area contributed by atoms with Crippen molar-refractivity contribution < 1.29 is 4.42 Å². The summed E-state index contributed by atoms with van der Waals surface area (Å²) < 4.78 is 9.13. The minimum absolute atomic E-state index is 0.840. The van der Waals surface area contributed by atoms with Gasteiger partial charge in [-0.15, -0.1) is 0 Å². The number of hydrogen-bond acceptors (Lipinski definition) is 2. The summed E-state index contributed by atoms with van der Waals surface area (Å²) in [5.74, 6) is 0. The van der Waals surface area contributed by atoms with Crippen molar-refractivity contribution in [2.75, 3.05) is 4.90 Å². The SMILES string of the molecule is c1ccc(-c2ccc(N(c3cccc(-c4ccccc4)c3)c3ccc4c(c3)oc3ccc(-n5c6ccc(-c7ccccc7)cc6c6cc(-c7ccccc7)ccc65)cc34)cc2)cc1. The number of furan rings is 1. The number of anilines is 3. The van der Waals surface area contributed by atoms with Crippen LogP contribution >= 0.6 is 0 Å². The van der Waals surface area contributed by atoms with E-state index < -0.39 is 0 Å². The number of benzene rings is 10. The highest BCUT2D eigenvalue weighted by molar-refractivity contribution is 6.13. The molecule has 0 spiro atoms. The maximum Gasteiger partial charge on any atom is 0.137 e. The molecule has 10 aromatic carbocycles. The average Bonchev–Trinajstić information content (AvgIpc) is 3.89. The molecule has 0 saturated heterocycles. The van der Waals surface area contributed by atoms with Gasteiger partial charge >= 0.3 is 0 Å². The molecule has 0 aliphatic carbocycles. The minimum atomic E-state index is 0.840. The molecule has 0 aliphatic rings. The van der Waals surface area contributed by atoms with E-state index in [4.69, 9.17) is 4.42 Å². The predicted octanol–water partition coefficient (Wildman–Crippen LogP) is 16.8. The largest absolute Gasteiger partial charge is 0.456 e. The maximum absolute atomic E-state index is 6.73. The van der Waals surface area contributed by atoms with E-state index in [9.17, 15) is 0 Å². The van der Waals surface area contributed by atoms with Crippen LogP contribution in [0.4, 0.5) is 17.1 Å². The molecule has 0 saturated carbocycles. The Labute approximate surface area is 366 Å². The van der Waals surface area contributed by atoms with E-state index in [-0.39, 0.29) is 0 Å². The number of fused-ring (bicyclic) bond motifs is 6. The Morgan fingerprint density at radius 3 is 1.30 bits per heavy atom. The van der Waals surface area contributed by atoms with Gasteiger partial charge < -0.3 is 13.9 Å². The fraction of sp³-hybridized carbons (Fsp3) is 0. The second kappa shape index (κ2) is 15.3. The number of rotatable bonds is 8. The molecule has 12 rings (SSSR count). The lowest BCUT2D eigenvalue weighted by Crippen LogP contribution is -2.10. The Kier molecular flexibility index (Phi) is 8.83. The Hall–Kier alpha value is -8.40. The van der Waals surface area contributed by atoms with Gasteiger partial charge in [0.05, 0.1) is 11.0 Å². The van der Waals surface area contributed by atoms with Crippen LogP contribution in [0.5, 0.6) is 0 Å². The molecule has 63 heavy (non-hydrogen) atoms. The van der Waals surface area contributed by atoms with E-state index >= 15 is 0 Å². The van der Waals surface area contributed by atoms with Crippen molar-refractivity contribution in [1.29, 1.82) is 0 Å². The highest BCUT2D eigenvalue weighted by atomic mass is 16.3. The first kappa shape index (κ1) is 36.5. The number of nitrogens with zero attached hydrogens (tertiary/aromatic N) is 2. The van der Waals surface area contributed by atoms with Crippen molar-refractivity contribution in [1.82, 2.24) is 4.57 Å². The molecule has 2 heterocycles. The highest BCUT2D eigenvalue weighted by Gasteiger charge is 2.19. The summed E-state index contributed by atoms with van der Waals surface area (Å²) in [4.78, 5) is 2.32. The van der Waals surface area contributed by atoms with Gasteiger partial charge in [0.25, 0.3) is 0 Å². The zero-order chi connectivity index (χ0) is 41.7. The van der Waals surface area contributed by atoms with Crippen LogP contribution in [0.25, 0.3) is 93.9 Å². The summed E-state index contributed by atoms with van der Waals surface area (Å²) in [6.07, 6.45) is 0. The molecular formula is C60H40N2O. The Morgan fingerprint density at radius 2 is 0.730 bits per heavy atom. The van der Waals surface area contributed by atoms with Crippen molar-refractivity contribution in [3.05, 3.63) is 243 Å². The molecule has 3 heteroatoms. The van der Waals surface area contributed by atoms with Crippen LogP contribution in [0.3, 0.4) is 0 Å². The molecule has 0 fully saturated rings. The molecule has 2 aromatic heterocycles. The number of aromatic nitrogens is 1. The third kappa shape index (κ3) is 6.55. The molecule has 0 radical (unpaired) electrons. The van der Waals surface area contributed by atoms with Gasteiger partial charge in [-0.1, -0.05) is 158 Å². The van der Waals surface area contributed by atoms with Crippen LogP contribution in [0, 0.1) is 0 Å². The minimum Gasteiger partial charge on any atom is -0.456 e. The van der Waals surface area contributed by atoms with Gasteiger partial charge in [-0.3, -0.25) is 0 Å². The summed E-state index contributed by atoms with van der Waals surface area (Å²) in [6, 6.07) is 87.0. The third-order valence-corrected chi connectivity index (χ3v) is 12.4. The summed E-state index contributed by atoms with van der Waals surface area (Å²) in [5.41, 5.74) is 17.8. The van der Waals surface area contributed by atoms with Gasteiger partial charge in [-0.25, -0.2) is 0 Å². The van der Waals surface area contributed by atoms with E-state index in [2.05, 4.69) is 252 Å². The normalized spacial score (nSPS) is 11.5. The van der Waals surface area contributed by atoms with E-state index in [1.54, 1.807) is 0 Å². The quantitative estimate of drug-likeness (QED) is 0.153. The lowest BCUT2D eigenvalue weighted by molar-refractivity contribution is 0.669. The first-order valence-corrected chi connectivity index (χ1v) is 21.5. The van der Waals surface area contributed by atoms with Gasteiger partial charge in [-0.2, -0.15) is 0 Å². The van der Waals surface area contributed by atoms with Gasteiger partial charge in [0, 0.05) is 50.4 Å². The molecule has 3 nitrogen and oxygen atoms in total. The molecule has 0 bridgehead atoms. The average molecular weight is 805 g/mol. The summed E-state index contributed by atoms with van der Waals surface area (Å²) in [6.45, 7) is 0. The van der Waals surface area contributed by atoms with Crippen LogP contribution in [0.1, 0.15) is 0 Å². The fourth-order valence-corrected chi connectivity index (χ4v) is 9.29. The Bertz CT molecular complexity index is 3490. The molecular weight excluding hydrogens is 765 g/mol. The molecule has 0 amide bonds. The maximum atomic E-state index is 6.73. The van der Waals surface area contributed by atoms with Gasteiger partial charge in [0.2, 0.25) is 0 Å². The van der Waals surface area contributed by atoms with Crippen molar-refractivity contribution >= 4 is 60.8 Å². The van der Waals surface area contributed by atoms with E-state index in [1.807, 2.05) is 0 Å². The summed E-state index contributed by atoms with van der Waals surface area (Å²) in [7, 11) is 0. The van der Waals surface area contributed by atoms with Crippen molar-refractivity contribution in [3.63, 3.8) is 0 Å². The third-order valence-electron chi connectivity index (χ3n) is 12.4. The molecule has 0 atom stereocenters. The molecule has 0 N–H and O–H groups in total. The van der Waals surface area contributed by atoms with E-state index in [0.29, 0.717) is 0 Å². The van der Waals surface area contributed by atoms with Crippen LogP contribution in [-0.2, 0) is 0 Å². The van der Waals surface area contributed by atoms with Crippen LogP contribution in [0.2, 0.25) is 0 Å². The van der Waals surface area contributed by atoms with Crippen LogP contribution in [0.15, 0.2) is 247 Å². The molecule has 12 aromatic rings. The highest BCUT2D eigenvalue weighted by Crippen LogP contribution is 2.42. The second-order valence-electron chi connectivity index (χ2n) is 16.2. The van der Waals surface area contributed by atoms with Crippen LogP contribution in [-0.4, -0.2) is 4.57 Å². The number of hydrogen-bond donors (Lipinski definition) is 0. The van der Waals surface area contributed by atoms with Crippen molar-refractivity contribution in [2.45, 2.75) is 0 Å². The lowest BCUT2D eigenvalue weighted by Gasteiger charge is -2.26. The lowest BCUT2D eigenvalue weighted by atomic mass is 10.0. The van der Waals surface area contributed by atoms with E-state index in [1.165, 1.54) is 49.7 Å². The standard InChI is InChI=1S/C60H40N2O/c1-5-14-41(15-6-1)45-24-28-49(29-25-45)61(50-23-13-22-46(36-50)42-16-7-2-8-17-42)52-30-32-53-56-39-51(31-35-59(56)63-60(53)40-52)62-57-33-26-47(43-18-9-3-10-19-43)37-54(57)55-38-48(27-34-58(55)62)44-20-11-4-12-21-44/h1-40H. The topological polar surface area (TPSA) is 21.3 Å². The first-order chi connectivity index (χ1) is 31.2. The zero-order valence-corrected chi connectivity index (χ0v) is 34.4. The molecule has 0 aliphatic heterocycles. The van der Waals surface area contributed by atoms with Gasteiger partial charge in [-0.05, 0) is 123 Å². The van der Waals surface area contributed by atoms with Gasteiger partial charge in [0.15, 0.2) is 0 Å². The zero-order valence-electron chi connectivity index (χ0n) is 34.4. The first-order valence-electron chi connectivity index (χ1n) is 21.5. The molecule has 0 unspecified atom stereocenters. The van der Waals surface area contributed by atoms with E-state index in [0.717, 1.165) is 61.3 Å². The summed E-state index contributed by atoms with van der Waals surface area (Å²) >= 11 is 0.